The number of rotatable bonds is 2. The van der Waals surface area contributed by atoms with E-state index in [-0.39, 0.29) is 11.5 Å². The molecular weight excluding hydrogens is 236 g/mol. The van der Waals surface area contributed by atoms with Crippen molar-refractivity contribution in [1.82, 2.24) is 0 Å². The number of ketones is 1. The molecule has 0 aliphatic heterocycles. The van der Waals surface area contributed by atoms with Gasteiger partial charge in [0.05, 0.1) is 0 Å². The first-order valence-corrected chi connectivity index (χ1v) is 6.33. The lowest BCUT2D eigenvalue weighted by atomic mass is 9.95. The van der Waals surface area contributed by atoms with Gasteiger partial charge in [0.2, 0.25) is 0 Å². The number of hydrogen-bond acceptors (Lipinski definition) is 2. The fourth-order valence-corrected chi connectivity index (χ4v) is 2.12. The van der Waals surface area contributed by atoms with Gasteiger partial charge in [-0.15, -0.1) is 0 Å². The van der Waals surface area contributed by atoms with Crippen LogP contribution < -0.4 is 0 Å². The van der Waals surface area contributed by atoms with Gasteiger partial charge in [0, 0.05) is 16.7 Å². The summed E-state index contributed by atoms with van der Waals surface area (Å²) in [5, 5.41) is 9.93. The molecule has 0 heterocycles. The minimum absolute atomic E-state index is 0.0455. The SMILES string of the molecule is Cc1ccc(C(=O)c2ccc(C)c(O)c2C)cc1C. The molecule has 0 atom stereocenters. The Morgan fingerprint density at radius 1 is 0.895 bits per heavy atom. The lowest BCUT2D eigenvalue weighted by Gasteiger charge is -2.10. The number of phenolic OH excluding ortho intramolecular Hbond substituents is 1. The first-order chi connectivity index (χ1) is 8.91. The Bertz CT molecular complexity index is 655. The van der Waals surface area contributed by atoms with Gasteiger partial charge in [-0.05, 0) is 50.5 Å². The molecule has 0 unspecified atom stereocenters. The van der Waals surface area contributed by atoms with Crippen LogP contribution >= 0.6 is 0 Å². The van der Waals surface area contributed by atoms with E-state index in [0.717, 1.165) is 11.1 Å². The Labute approximate surface area is 113 Å². The molecule has 0 fully saturated rings. The van der Waals surface area contributed by atoms with E-state index < -0.39 is 0 Å². The number of hydrogen-bond donors (Lipinski definition) is 1. The maximum Gasteiger partial charge on any atom is 0.193 e. The van der Waals surface area contributed by atoms with Crippen molar-refractivity contribution in [3.8, 4) is 5.75 Å². The van der Waals surface area contributed by atoms with Crippen molar-refractivity contribution < 1.29 is 9.90 Å². The van der Waals surface area contributed by atoms with Gasteiger partial charge in [0.1, 0.15) is 5.75 Å². The molecule has 0 aliphatic carbocycles. The van der Waals surface area contributed by atoms with Gasteiger partial charge < -0.3 is 5.11 Å². The molecule has 0 saturated heterocycles. The highest BCUT2D eigenvalue weighted by atomic mass is 16.3. The zero-order valence-corrected chi connectivity index (χ0v) is 11.7. The van der Waals surface area contributed by atoms with E-state index in [9.17, 15) is 9.90 Å². The highest BCUT2D eigenvalue weighted by Gasteiger charge is 2.15. The van der Waals surface area contributed by atoms with Gasteiger partial charge in [-0.3, -0.25) is 4.79 Å². The molecule has 1 N–H and O–H groups in total. The Morgan fingerprint density at radius 3 is 2.16 bits per heavy atom. The molecule has 2 rings (SSSR count). The zero-order chi connectivity index (χ0) is 14.2. The van der Waals surface area contributed by atoms with Gasteiger partial charge in [-0.25, -0.2) is 0 Å². The molecule has 0 aliphatic rings. The summed E-state index contributed by atoms with van der Waals surface area (Å²) in [5.41, 5.74) is 4.91. The summed E-state index contributed by atoms with van der Waals surface area (Å²) in [4.78, 5) is 12.5. The predicted molar refractivity (Wildman–Crippen MR) is 76.9 cm³/mol. The number of phenols is 1. The van der Waals surface area contributed by atoms with Crippen molar-refractivity contribution in [2.45, 2.75) is 27.7 Å². The van der Waals surface area contributed by atoms with Crippen molar-refractivity contribution in [2.75, 3.05) is 0 Å². The molecule has 2 heteroatoms. The van der Waals surface area contributed by atoms with Gasteiger partial charge in [0.15, 0.2) is 5.78 Å². The van der Waals surface area contributed by atoms with Crippen molar-refractivity contribution in [3.05, 3.63) is 63.7 Å². The molecule has 2 aromatic carbocycles. The van der Waals surface area contributed by atoms with E-state index in [4.69, 9.17) is 0 Å². The maximum absolute atomic E-state index is 12.5. The second kappa shape index (κ2) is 4.88. The van der Waals surface area contributed by atoms with Crippen molar-refractivity contribution in [1.29, 1.82) is 0 Å². The van der Waals surface area contributed by atoms with E-state index in [1.54, 1.807) is 19.1 Å². The van der Waals surface area contributed by atoms with E-state index in [0.29, 0.717) is 16.7 Å². The number of benzene rings is 2. The van der Waals surface area contributed by atoms with E-state index in [1.807, 2.05) is 39.0 Å². The first-order valence-electron chi connectivity index (χ1n) is 6.33. The zero-order valence-electron chi connectivity index (χ0n) is 11.7. The van der Waals surface area contributed by atoms with Crippen LogP contribution in [-0.4, -0.2) is 10.9 Å². The molecule has 0 aromatic heterocycles. The molecule has 2 nitrogen and oxygen atoms in total. The summed E-state index contributed by atoms with van der Waals surface area (Å²) in [6, 6.07) is 9.24. The second-order valence-corrected chi connectivity index (χ2v) is 5.03. The second-order valence-electron chi connectivity index (χ2n) is 5.03. The fourth-order valence-electron chi connectivity index (χ4n) is 2.12. The topological polar surface area (TPSA) is 37.3 Å². The predicted octanol–water partition coefficient (Wildman–Crippen LogP) is 3.86. The van der Waals surface area contributed by atoms with Crippen LogP contribution in [0.1, 0.15) is 38.2 Å². The highest BCUT2D eigenvalue weighted by molar-refractivity contribution is 6.10. The van der Waals surface area contributed by atoms with Crippen LogP contribution in [-0.2, 0) is 0 Å². The average Bonchev–Trinajstić information content (AvgIpc) is 2.39. The lowest BCUT2D eigenvalue weighted by Crippen LogP contribution is -2.05. The summed E-state index contributed by atoms with van der Waals surface area (Å²) in [6.07, 6.45) is 0. The molecule has 2 aromatic rings. The maximum atomic E-state index is 12.5. The van der Waals surface area contributed by atoms with Gasteiger partial charge in [0.25, 0.3) is 0 Å². The number of carbonyl (C=O) groups excluding carboxylic acids is 1. The van der Waals surface area contributed by atoms with E-state index in [2.05, 4.69) is 0 Å². The molecular formula is C17H18O2. The third kappa shape index (κ3) is 2.39. The molecule has 0 saturated carbocycles. The fraction of sp³-hybridized carbons (Fsp3) is 0.235. The Kier molecular flexibility index (Phi) is 3.43. The molecule has 0 bridgehead atoms. The summed E-state index contributed by atoms with van der Waals surface area (Å²) in [5.74, 6) is 0.158. The van der Waals surface area contributed by atoms with Crippen LogP contribution in [0.3, 0.4) is 0 Å². The van der Waals surface area contributed by atoms with Crippen molar-refractivity contribution >= 4 is 5.78 Å². The number of aryl methyl sites for hydroxylation is 3. The summed E-state index contributed by atoms with van der Waals surface area (Å²) in [7, 11) is 0. The Hall–Kier alpha value is -2.09. The van der Waals surface area contributed by atoms with Crippen LogP contribution in [0.4, 0.5) is 0 Å². The number of aromatic hydroxyl groups is 1. The number of carbonyl (C=O) groups is 1. The average molecular weight is 254 g/mol. The Morgan fingerprint density at radius 2 is 1.53 bits per heavy atom. The first kappa shape index (κ1) is 13.3. The minimum atomic E-state index is -0.0455. The van der Waals surface area contributed by atoms with Gasteiger partial charge in [-0.1, -0.05) is 24.3 Å². The van der Waals surface area contributed by atoms with Crippen LogP contribution in [0.25, 0.3) is 0 Å². The van der Waals surface area contributed by atoms with Crippen molar-refractivity contribution in [3.63, 3.8) is 0 Å². The monoisotopic (exact) mass is 254 g/mol. The summed E-state index contributed by atoms with van der Waals surface area (Å²) in [6.45, 7) is 7.61. The standard InChI is InChI=1S/C17H18O2/c1-10-5-7-14(9-12(10)3)17(19)15-8-6-11(2)16(18)13(15)4/h5-9,18H,1-4H3. The van der Waals surface area contributed by atoms with Crippen LogP contribution in [0.15, 0.2) is 30.3 Å². The summed E-state index contributed by atoms with van der Waals surface area (Å²) >= 11 is 0. The normalized spacial score (nSPS) is 10.5. The molecule has 19 heavy (non-hydrogen) atoms. The highest BCUT2D eigenvalue weighted by Crippen LogP contribution is 2.26. The van der Waals surface area contributed by atoms with Gasteiger partial charge in [-0.2, -0.15) is 0 Å². The smallest absolute Gasteiger partial charge is 0.193 e. The lowest BCUT2D eigenvalue weighted by molar-refractivity contribution is 0.103. The van der Waals surface area contributed by atoms with Crippen molar-refractivity contribution in [2.24, 2.45) is 0 Å². The molecule has 0 radical (unpaired) electrons. The molecule has 0 amide bonds. The van der Waals surface area contributed by atoms with Crippen LogP contribution in [0, 0.1) is 27.7 Å². The van der Waals surface area contributed by atoms with Gasteiger partial charge >= 0.3 is 0 Å². The Balaban J connectivity index is 2.50. The van der Waals surface area contributed by atoms with Crippen LogP contribution in [0.2, 0.25) is 0 Å². The third-order valence-corrected chi connectivity index (χ3v) is 3.65. The minimum Gasteiger partial charge on any atom is -0.507 e. The van der Waals surface area contributed by atoms with E-state index >= 15 is 0 Å². The quantitative estimate of drug-likeness (QED) is 0.826. The van der Waals surface area contributed by atoms with Crippen LogP contribution in [0.5, 0.6) is 5.75 Å². The molecule has 98 valence electrons. The molecule has 0 spiro atoms. The van der Waals surface area contributed by atoms with E-state index in [1.165, 1.54) is 5.56 Å². The summed E-state index contributed by atoms with van der Waals surface area (Å²) < 4.78 is 0. The third-order valence-electron chi connectivity index (χ3n) is 3.65. The largest absolute Gasteiger partial charge is 0.507 e.